The van der Waals surface area contributed by atoms with Crippen molar-refractivity contribution in [2.24, 2.45) is 5.73 Å². The Morgan fingerprint density at radius 1 is 1.33 bits per heavy atom. The molecule has 1 unspecified atom stereocenters. The van der Waals surface area contributed by atoms with Crippen LogP contribution in [-0.4, -0.2) is 43.8 Å². The summed E-state index contributed by atoms with van der Waals surface area (Å²) < 4.78 is 5.37. The molecule has 0 bridgehead atoms. The first-order valence-corrected chi connectivity index (χ1v) is 6.40. The zero-order chi connectivity index (χ0) is 10.9. The summed E-state index contributed by atoms with van der Waals surface area (Å²) in [4.78, 5) is 2.56. The molecule has 3 nitrogen and oxygen atoms in total. The van der Waals surface area contributed by atoms with Crippen molar-refractivity contribution in [2.75, 3.05) is 32.8 Å². The quantitative estimate of drug-likeness (QED) is 0.683. The van der Waals surface area contributed by atoms with Gasteiger partial charge in [0.05, 0.1) is 0 Å². The van der Waals surface area contributed by atoms with E-state index in [9.17, 15) is 0 Å². The maximum absolute atomic E-state index is 5.82. The SMILES string of the molecule is CCOCCCN1CCCCCC1CN. The molecule has 0 aromatic carbocycles. The van der Waals surface area contributed by atoms with E-state index in [2.05, 4.69) is 11.8 Å². The van der Waals surface area contributed by atoms with Crippen molar-refractivity contribution in [1.82, 2.24) is 4.90 Å². The highest BCUT2D eigenvalue weighted by molar-refractivity contribution is 4.75. The third kappa shape index (κ3) is 4.96. The highest BCUT2D eigenvalue weighted by atomic mass is 16.5. The van der Waals surface area contributed by atoms with Crippen LogP contribution in [0.3, 0.4) is 0 Å². The number of nitrogens with two attached hydrogens (primary N) is 1. The lowest BCUT2D eigenvalue weighted by Gasteiger charge is -2.28. The van der Waals surface area contributed by atoms with Gasteiger partial charge < -0.3 is 10.5 Å². The Morgan fingerprint density at radius 3 is 2.93 bits per heavy atom. The van der Waals surface area contributed by atoms with Crippen LogP contribution in [-0.2, 0) is 4.74 Å². The second kappa shape index (κ2) is 8.08. The largest absolute Gasteiger partial charge is 0.382 e. The van der Waals surface area contributed by atoms with Crippen LogP contribution in [0.1, 0.15) is 39.0 Å². The van der Waals surface area contributed by atoms with Crippen LogP contribution in [0.25, 0.3) is 0 Å². The van der Waals surface area contributed by atoms with Crippen LogP contribution in [0.2, 0.25) is 0 Å². The fraction of sp³-hybridized carbons (Fsp3) is 1.00. The van der Waals surface area contributed by atoms with Gasteiger partial charge in [-0.05, 0) is 32.7 Å². The van der Waals surface area contributed by atoms with Crippen molar-refractivity contribution < 1.29 is 4.74 Å². The van der Waals surface area contributed by atoms with E-state index in [4.69, 9.17) is 10.5 Å². The van der Waals surface area contributed by atoms with Crippen LogP contribution in [0.5, 0.6) is 0 Å². The number of likely N-dealkylation sites (tertiary alicyclic amines) is 1. The Hall–Kier alpha value is -0.120. The molecule has 15 heavy (non-hydrogen) atoms. The van der Waals surface area contributed by atoms with Crippen molar-refractivity contribution in [3.8, 4) is 0 Å². The molecule has 3 heteroatoms. The lowest BCUT2D eigenvalue weighted by atomic mass is 10.1. The third-order valence-electron chi connectivity index (χ3n) is 3.21. The van der Waals surface area contributed by atoms with Gasteiger partial charge in [-0.3, -0.25) is 4.90 Å². The van der Waals surface area contributed by atoms with Gasteiger partial charge in [-0.25, -0.2) is 0 Å². The summed E-state index contributed by atoms with van der Waals surface area (Å²) in [6, 6.07) is 0.620. The number of rotatable bonds is 6. The number of hydrogen-bond acceptors (Lipinski definition) is 3. The number of hydrogen-bond donors (Lipinski definition) is 1. The minimum absolute atomic E-state index is 0.620. The van der Waals surface area contributed by atoms with Crippen molar-refractivity contribution in [3.05, 3.63) is 0 Å². The summed E-state index contributed by atoms with van der Waals surface area (Å²) in [5, 5.41) is 0. The molecule has 0 amide bonds. The minimum atomic E-state index is 0.620. The predicted molar refractivity (Wildman–Crippen MR) is 64.0 cm³/mol. The van der Waals surface area contributed by atoms with Crippen molar-refractivity contribution >= 4 is 0 Å². The molecular weight excluding hydrogens is 188 g/mol. The van der Waals surface area contributed by atoms with E-state index >= 15 is 0 Å². The summed E-state index contributed by atoms with van der Waals surface area (Å²) in [5.74, 6) is 0. The van der Waals surface area contributed by atoms with Gasteiger partial charge in [0.15, 0.2) is 0 Å². The molecule has 90 valence electrons. The van der Waals surface area contributed by atoms with Crippen LogP contribution in [0.15, 0.2) is 0 Å². The van der Waals surface area contributed by atoms with Crippen LogP contribution in [0, 0.1) is 0 Å². The topological polar surface area (TPSA) is 38.5 Å². The molecule has 0 radical (unpaired) electrons. The standard InChI is InChI=1S/C12H26N2O/c1-2-15-10-6-9-14-8-5-3-4-7-12(14)11-13/h12H,2-11,13H2,1H3. The Bertz CT molecular complexity index is 153. The monoisotopic (exact) mass is 214 g/mol. The van der Waals surface area contributed by atoms with E-state index in [1.807, 2.05) is 0 Å². The normalized spacial score (nSPS) is 24.0. The fourth-order valence-electron chi connectivity index (χ4n) is 2.31. The van der Waals surface area contributed by atoms with Crippen molar-refractivity contribution in [1.29, 1.82) is 0 Å². The number of nitrogens with zero attached hydrogens (tertiary/aromatic N) is 1. The van der Waals surface area contributed by atoms with Crippen LogP contribution < -0.4 is 5.73 Å². The zero-order valence-corrected chi connectivity index (χ0v) is 10.1. The first-order chi connectivity index (χ1) is 7.38. The first kappa shape index (κ1) is 12.9. The predicted octanol–water partition coefficient (Wildman–Crippen LogP) is 1.62. The summed E-state index contributed by atoms with van der Waals surface area (Å²) in [7, 11) is 0. The van der Waals surface area contributed by atoms with Gasteiger partial charge in [0.1, 0.15) is 0 Å². The Morgan fingerprint density at radius 2 is 2.20 bits per heavy atom. The summed E-state index contributed by atoms with van der Waals surface area (Å²) in [6.07, 6.45) is 6.49. The molecule has 0 spiro atoms. The first-order valence-electron chi connectivity index (χ1n) is 6.40. The van der Waals surface area contributed by atoms with Crippen molar-refractivity contribution in [2.45, 2.75) is 45.1 Å². The fourth-order valence-corrected chi connectivity index (χ4v) is 2.31. The van der Waals surface area contributed by atoms with Gasteiger partial charge >= 0.3 is 0 Å². The van der Waals surface area contributed by atoms with E-state index in [1.165, 1.54) is 32.2 Å². The van der Waals surface area contributed by atoms with Crippen molar-refractivity contribution in [3.63, 3.8) is 0 Å². The van der Waals surface area contributed by atoms with Gasteiger partial charge in [0.2, 0.25) is 0 Å². The van der Waals surface area contributed by atoms with E-state index in [-0.39, 0.29) is 0 Å². The molecule has 0 aliphatic carbocycles. The molecule has 1 rings (SSSR count). The second-order valence-electron chi connectivity index (χ2n) is 4.33. The van der Waals surface area contributed by atoms with Gasteiger partial charge in [0.25, 0.3) is 0 Å². The van der Waals surface area contributed by atoms with Gasteiger partial charge in [-0.1, -0.05) is 12.8 Å². The Kier molecular flexibility index (Phi) is 6.98. The lowest BCUT2D eigenvalue weighted by molar-refractivity contribution is 0.122. The highest BCUT2D eigenvalue weighted by Gasteiger charge is 2.18. The summed E-state index contributed by atoms with van der Waals surface area (Å²) in [5.41, 5.74) is 5.82. The van der Waals surface area contributed by atoms with Gasteiger partial charge in [0, 0.05) is 32.3 Å². The molecule has 1 heterocycles. The minimum Gasteiger partial charge on any atom is -0.382 e. The Balaban J connectivity index is 2.22. The molecule has 0 aromatic rings. The Labute approximate surface area is 94.0 Å². The maximum atomic E-state index is 5.82. The average molecular weight is 214 g/mol. The van der Waals surface area contributed by atoms with Crippen LogP contribution >= 0.6 is 0 Å². The van der Waals surface area contributed by atoms with Gasteiger partial charge in [-0.15, -0.1) is 0 Å². The molecule has 0 saturated carbocycles. The number of ether oxygens (including phenoxy) is 1. The maximum Gasteiger partial charge on any atom is 0.0478 e. The third-order valence-corrected chi connectivity index (χ3v) is 3.21. The summed E-state index contributed by atoms with van der Waals surface area (Å²) in [6.45, 7) is 6.98. The second-order valence-corrected chi connectivity index (χ2v) is 4.33. The summed E-state index contributed by atoms with van der Waals surface area (Å²) >= 11 is 0. The molecular formula is C12H26N2O. The van der Waals surface area contributed by atoms with E-state index in [0.29, 0.717) is 6.04 Å². The average Bonchev–Trinajstić information content (AvgIpc) is 2.49. The molecule has 1 aliphatic rings. The van der Waals surface area contributed by atoms with E-state index in [1.54, 1.807) is 0 Å². The molecule has 1 aliphatic heterocycles. The molecule has 1 saturated heterocycles. The lowest BCUT2D eigenvalue weighted by Crippen LogP contribution is -2.40. The van der Waals surface area contributed by atoms with Gasteiger partial charge in [-0.2, -0.15) is 0 Å². The highest BCUT2D eigenvalue weighted by Crippen LogP contribution is 2.16. The van der Waals surface area contributed by atoms with E-state index in [0.717, 1.165) is 32.7 Å². The smallest absolute Gasteiger partial charge is 0.0478 e. The molecule has 2 N–H and O–H groups in total. The van der Waals surface area contributed by atoms with E-state index < -0.39 is 0 Å². The molecule has 1 fully saturated rings. The van der Waals surface area contributed by atoms with Crippen LogP contribution in [0.4, 0.5) is 0 Å². The zero-order valence-electron chi connectivity index (χ0n) is 10.1. The molecule has 0 aromatic heterocycles. The molecule has 1 atom stereocenters.